The van der Waals surface area contributed by atoms with Gasteiger partial charge in [0.05, 0.1) is 6.10 Å². The molecule has 0 aromatic carbocycles. The summed E-state index contributed by atoms with van der Waals surface area (Å²) in [6, 6.07) is 1.02. The van der Waals surface area contributed by atoms with E-state index < -0.39 is 0 Å². The molecular weight excluding hydrogens is 252 g/mol. The molecule has 2 aliphatic heterocycles. The maximum absolute atomic E-state index is 12.5. The molecule has 2 bridgehead atoms. The minimum atomic E-state index is -0.184. The van der Waals surface area contributed by atoms with Crippen LogP contribution in [0.3, 0.4) is 0 Å². The standard InChI is InChI=1S/C16H28N2O2/c17-12-4-1-11(2-5-12)3-8-16(20)18-13-6-7-14(18)10-15(19)9-13/h11-15,19H,1-10,17H2. The number of nitrogens with zero attached hydrogens (tertiary/aromatic N) is 1. The summed E-state index contributed by atoms with van der Waals surface area (Å²) in [5, 5.41) is 9.80. The largest absolute Gasteiger partial charge is 0.393 e. The van der Waals surface area contributed by atoms with E-state index >= 15 is 0 Å². The van der Waals surface area contributed by atoms with Crippen molar-refractivity contribution in [1.29, 1.82) is 0 Å². The fourth-order valence-electron chi connectivity index (χ4n) is 4.49. The van der Waals surface area contributed by atoms with Gasteiger partial charge in [-0.3, -0.25) is 4.79 Å². The summed E-state index contributed by atoms with van der Waals surface area (Å²) in [5.41, 5.74) is 5.93. The van der Waals surface area contributed by atoms with E-state index in [2.05, 4.69) is 4.90 Å². The Bertz CT molecular complexity index is 338. The Morgan fingerprint density at radius 1 is 1.05 bits per heavy atom. The van der Waals surface area contributed by atoms with Crippen molar-refractivity contribution >= 4 is 5.91 Å². The second-order valence-corrected chi connectivity index (χ2v) is 7.13. The van der Waals surface area contributed by atoms with Gasteiger partial charge in [-0.2, -0.15) is 0 Å². The van der Waals surface area contributed by atoms with Gasteiger partial charge >= 0.3 is 0 Å². The van der Waals surface area contributed by atoms with Crippen LogP contribution in [-0.2, 0) is 4.79 Å². The first kappa shape index (κ1) is 14.3. The van der Waals surface area contributed by atoms with Crippen LogP contribution < -0.4 is 5.73 Å². The van der Waals surface area contributed by atoms with Crippen molar-refractivity contribution in [1.82, 2.24) is 4.90 Å². The number of hydrogen-bond donors (Lipinski definition) is 2. The molecule has 3 fully saturated rings. The molecule has 1 amide bonds. The molecule has 114 valence electrons. The van der Waals surface area contributed by atoms with Gasteiger partial charge in [0.2, 0.25) is 5.91 Å². The van der Waals surface area contributed by atoms with Crippen LogP contribution in [0.25, 0.3) is 0 Å². The molecular formula is C16H28N2O2. The number of amides is 1. The number of hydrogen-bond acceptors (Lipinski definition) is 3. The molecule has 1 saturated carbocycles. The number of carbonyl (C=O) groups is 1. The van der Waals surface area contributed by atoms with Crippen LogP contribution in [0.15, 0.2) is 0 Å². The second-order valence-electron chi connectivity index (χ2n) is 7.13. The predicted molar refractivity (Wildman–Crippen MR) is 78.1 cm³/mol. The topological polar surface area (TPSA) is 66.6 Å². The van der Waals surface area contributed by atoms with Crippen LogP contribution in [0.5, 0.6) is 0 Å². The molecule has 0 aromatic rings. The Balaban J connectivity index is 1.48. The summed E-state index contributed by atoms with van der Waals surface area (Å²) in [7, 11) is 0. The molecule has 4 nitrogen and oxygen atoms in total. The number of nitrogens with two attached hydrogens (primary N) is 1. The number of carbonyl (C=O) groups excluding carboxylic acids is 1. The lowest BCUT2D eigenvalue weighted by atomic mass is 9.83. The summed E-state index contributed by atoms with van der Waals surface area (Å²) in [4.78, 5) is 14.6. The van der Waals surface area contributed by atoms with Crippen molar-refractivity contribution < 1.29 is 9.90 Å². The highest BCUT2D eigenvalue weighted by atomic mass is 16.3. The SMILES string of the molecule is NC1CCC(CCC(=O)N2C3CCC2CC(O)C3)CC1. The number of fused-ring (bicyclic) bond motifs is 2. The first-order valence-corrected chi connectivity index (χ1v) is 8.38. The highest BCUT2D eigenvalue weighted by Crippen LogP contribution is 2.37. The van der Waals surface area contributed by atoms with Crippen molar-refractivity contribution in [2.24, 2.45) is 11.7 Å². The molecule has 2 atom stereocenters. The van der Waals surface area contributed by atoms with E-state index in [1.54, 1.807) is 0 Å². The zero-order valence-electron chi connectivity index (χ0n) is 12.3. The Morgan fingerprint density at radius 2 is 1.65 bits per heavy atom. The summed E-state index contributed by atoms with van der Waals surface area (Å²) in [6.45, 7) is 0. The van der Waals surface area contributed by atoms with Gasteiger partial charge in [-0.15, -0.1) is 0 Å². The van der Waals surface area contributed by atoms with Gasteiger partial charge in [0.15, 0.2) is 0 Å². The van der Waals surface area contributed by atoms with Crippen LogP contribution in [0.1, 0.15) is 64.2 Å². The van der Waals surface area contributed by atoms with E-state index in [1.807, 2.05) is 0 Å². The van der Waals surface area contributed by atoms with Gasteiger partial charge < -0.3 is 15.7 Å². The van der Waals surface area contributed by atoms with Crippen LogP contribution in [0, 0.1) is 5.92 Å². The van der Waals surface area contributed by atoms with E-state index in [9.17, 15) is 9.90 Å². The zero-order valence-corrected chi connectivity index (χ0v) is 12.3. The van der Waals surface area contributed by atoms with E-state index in [1.165, 1.54) is 12.8 Å². The zero-order chi connectivity index (χ0) is 14.1. The van der Waals surface area contributed by atoms with Gasteiger partial charge in [0.25, 0.3) is 0 Å². The quantitative estimate of drug-likeness (QED) is 0.828. The average molecular weight is 280 g/mol. The first-order chi connectivity index (χ1) is 9.63. The number of aliphatic hydroxyl groups is 1. The third kappa shape index (κ3) is 3.01. The van der Waals surface area contributed by atoms with E-state index in [4.69, 9.17) is 5.73 Å². The highest BCUT2D eigenvalue weighted by Gasteiger charge is 2.42. The van der Waals surface area contributed by atoms with Crippen molar-refractivity contribution in [3.05, 3.63) is 0 Å². The van der Waals surface area contributed by atoms with Gasteiger partial charge in [0.1, 0.15) is 0 Å². The van der Waals surface area contributed by atoms with Gasteiger partial charge in [-0.25, -0.2) is 0 Å². The van der Waals surface area contributed by atoms with Gasteiger partial charge in [0, 0.05) is 24.5 Å². The van der Waals surface area contributed by atoms with Crippen LogP contribution in [-0.4, -0.2) is 40.1 Å². The molecule has 4 heteroatoms. The van der Waals surface area contributed by atoms with Gasteiger partial charge in [-0.1, -0.05) is 0 Å². The third-order valence-electron chi connectivity index (χ3n) is 5.65. The molecule has 20 heavy (non-hydrogen) atoms. The number of piperidine rings is 1. The fraction of sp³-hybridized carbons (Fsp3) is 0.938. The Labute approximate surface area is 121 Å². The summed E-state index contributed by atoms with van der Waals surface area (Å²) in [5.74, 6) is 1.03. The number of aliphatic hydroxyl groups excluding tert-OH is 1. The molecule has 0 aromatic heterocycles. The lowest BCUT2D eigenvalue weighted by Crippen LogP contribution is -2.48. The maximum Gasteiger partial charge on any atom is 0.223 e. The lowest BCUT2D eigenvalue weighted by Gasteiger charge is -2.37. The molecule has 1 aliphatic carbocycles. The summed E-state index contributed by atoms with van der Waals surface area (Å²) >= 11 is 0. The molecule has 3 rings (SSSR count). The second kappa shape index (κ2) is 6.02. The third-order valence-corrected chi connectivity index (χ3v) is 5.65. The molecule has 3 aliphatic rings. The van der Waals surface area contributed by atoms with Crippen molar-refractivity contribution in [2.75, 3.05) is 0 Å². The van der Waals surface area contributed by atoms with Gasteiger partial charge in [-0.05, 0) is 63.7 Å². The van der Waals surface area contributed by atoms with Crippen molar-refractivity contribution in [3.63, 3.8) is 0 Å². The molecule has 2 heterocycles. The molecule has 3 N–H and O–H groups in total. The Morgan fingerprint density at radius 3 is 2.25 bits per heavy atom. The van der Waals surface area contributed by atoms with E-state index in [-0.39, 0.29) is 6.10 Å². The highest BCUT2D eigenvalue weighted by molar-refractivity contribution is 5.77. The minimum absolute atomic E-state index is 0.184. The molecule has 0 spiro atoms. The van der Waals surface area contributed by atoms with Crippen LogP contribution in [0.2, 0.25) is 0 Å². The molecule has 2 saturated heterocycles. The normalized spacial score (nSPS) is 40.9. The summed E-state index contributed by atoms with van der Waals surface area (Å²) < 4.78 is 0. The smallest absolute Gasteiger partial charge is 0.223 e. The Hall–Kier alpha value is -0.610. The minimum Gasteiger partial charge on any atom is -0.393 e. The van der Waals surface area contributed by atoms with E-state index in [0.717, 1.165) is 44.9 Å². The molecule has 2 unspecified atom stereocenters. The predicted octanol–water partition coefficient (Wildman–Crippen LogP) is 1.80. The summed E-state index contributed by atoms with van der Waals surface area (Å²) in [6.07, 6.45) is 9.95. The maximum atomic E-state index is 12.5. The van der Waals surface area contributed by atoms with Crippen molar-refractivity contribution in [3.8, 4) is 0 Å². The van der Waals surface area contributed by atoms with Crippen LogP contribution in [0.4, 0.5) is 0 Å². The van der Waals surface area contributed by atoms with E-state index in [0.29, 0.717) is 36.4 Å². The van der Waals surface area contributed by atoms with Crippen LogP contribution >= 0.6 is 0 Å². The average Bonchev–Trinajstić information content (AvgIpc) is 2.70. The Kier molecular flexibility index (Phi) is 4.32. The monoisotopic (exact) mass is 280 g/mol. The fourth-order valence-corrected chi connectivity index (χ4v) is 4.49. The number of rotatable bonds is 3. The molecule has 0 radical (unpaired) electrons. The van der Waals surface area contributed by atoms with Crippen molar-refractivity contribution in [2.45, 2.75) is 88.4 Å². The first-order valence-electron chi connectivity index (χ1n) is 8.38. The lowest BCUT2D eigenvalue weighted by molar-refractivity contribution is -0.137.